The van der Waals surface area contributed by atoms with Gasteiger partial charge < -0.3 is 19.4 Å². The highest BCUT2D eigenvalue weighted by atomic mass is 35.5. The average molecular weight is 434 g/mol. The zero-order chi connectivity index (χ0) is 21.0. The number of hydrogen-bond acceptors (Lipinski definition) is 4. The Bertz CT molecular complexity index is 981. The summed E-state index contributed by atoms with van der Waals surface area (Å²) in [4.78, 5) is 16.1. The molecule has 1 amide bonds. The zero-order valence-corrected chi connectivity index (χ0v) is 17.8. The number of methoxy groups -OCH3 is 1. The van der Waals surface area contributed by atoms with Crippen molar-refractivity contribution < 1.29 is 14.3 Å². The summed E-state index contributed by atoms with van der Waals surface area (Å²) >= 11 is 12.7. The molecule has 6 nitrogen and oxygen atoms in total. The number of imidazole rings is 1. The van der Waals surface area contributed by atoms with E-state index in [1.165, 1.54) is 0 Å². The van der Waals surface area contributed by atoms with Crippen molar-refractivity contribution in [2.75, 3.05) is 12.4 Å². The Kier molecular flexibility index (Phi) is 6.67. The number of nitrogens with zero attached hydrogens (tertiary/aromatic N) is 2. The van der Waals surface area contributed by atoms with Gasteiger partial charge in [-0.3, -0.25) is 4.79 Å². The van der Waals surface area contributed by atoms with Gasteiger partial charge in [0.15, 0.2) is 5.75 Å². The van der Waals surface area contributed by atoms with E-state index in [2.05, 4.69) is 24.1 Å². The number of halogens is 2. The van der Waals surface area contributed by atoms with E-state index in [-0.39, 0.29) is 28.4 Å². The molecule has 0 atom stereocenters. The minimum atomic E-state index is -0.222. The minimum absolute atomic E-state index is 0.136. The lowest BCUT2D eigenvalue weighted by molar-refractivity contribution is -0.116. The molecule has 1 aromatic heterocycles. The summed E-state index contributed by atoms with van der Waals surface area (Å²) in [5.41, 5.74) is 1.50. The number of ether oxygens (including phenoxy) is 2. The molecule has 3 aromatic rings. The van der Waals surface area contributed by atoms with Gasteiger partial charge in [-0.05, 0) is 36.2 Å². The second-order valence-corrected chi connectivity index (χ2v) is 7.53. The Hall–Kier alpha value is -2.70. The molecule has 0 bridgehead atoms. The molecule has 8 heteroatoms. The highest BCUT2D eigenvalue weighted by Gasteiger charge is 2.15. The predicted molar refractivity (Wildman–Crippen MR) is 114 cm³/mol. The van der Waals surface area contributed by atoms with Crippen LogP contribution in [-0.4, -0.2) is 22.6 Å². The lowest BCUT2D eigenvalue weighted by Gasteiger charge is -2.16. The fourth-order valence-corrected chi connectivity index (χ4v) is 3.39. The maximum Gasteiger partial charge on any atom is 0.244 e. The lowest BCUT2D eigenvalue weighted by atomic mass is 10.0. The van der Waals surface area contributed by atoms with Crippen molar-refractivity contribution in [1.82, 2.24) is 9.55 Å². The van der Waals surface area contributed by atoms with Crippen LogP contribution in [0.4, 0.5) is 5.69 Å². The fourth-order valence-electron chi connectivity index (χ4n) is 2.82. The van der Waals surface area contributed by atoms with Gasteiger partial charge in [0, 0.05) is 23.6 Å². The zero-order valence-electron chi connectivity index (χ0n) is 16.3. The van der Waals surface area contributed by atoms with Crippen LogP contribution in [-0.2, 0) is 11.3 Å². The van der Waals surface area contributed by atoms with Gasteiger partial charge in [0.25, 0.3) is 0 Å². The summed E-state index contributed by atoms with van der Waals surface area (Å²) in [6.45, 7) is 4.28. The number of carbonyl (C=O) groups excluding carboxylic acids is 1. The molecule has 29 heavy (non-hydrogen) atoms. The molecule has 0 radical (unpaired) electrons. The van der Waals surface area contributed by atoms with Crippen molar-refractivity contribution in [3.63, 3.8) is 0 Å². The van der Waals surface area contributed by atoms with Crippen molar-refractivity contribution in [2.45, 2.75) is 26.3 Å². The Morgan fingerprint density at radius 3 is 2.52 bits per heavy atom. The van der Waals surface area contributed by atoms with Crippen LogP contribution < -0.4 is 14.8 Å². The molecule has 0 saturated carbocycles. The SMILES string of the molecule is COc1ccc(Oc2c(Cl)cc(NC(=O)Cn3ccnc3)cc2Cl)cc1C(C)C. The second kappa shape index (κ2) is 9.20. The third kappa shape index (κ3) is 5.22. The normalized spacial score (nSPS) is 10.8. The third-order valence-corrected chi connectivity index (χ3v) is 4.77. The van der Waals surface area contributed by atoms with Crippen LogP contribution >= 0.6 is 23.2 Å². The molecule has 0 aliphatic rings. The quantitative estimate of drug-likeness (QED) is 0.514. The Morgan fingerprint density at radius 2 is 1.93 bits per heavy atom. The summed E-state index contributed by atoms with van der Waals surface area (Å²) in [6, 6.07) is 8.73. The number of carbonyl (C=O) groups is 1. The highest BCUT2D eigenvalue weighted by molar-refractivity contribution is 6.37. The van der Waals surface area contributed by atoms with E-state index in [4.69, 9.17) is 32.7 Å². The van der Waals surface area contributed by atoms with Crippen molar-refractivity contribution in [3.05, 3.63) is 64.7 Å². The molecule has 1 heterocycles. The topological polar surface area (TPSA) is 65.4 Å². The van der Waals surface area contributed by atoms with Gasteiger partial charge in [-0.1, -0.05) is 37.0 Å². The van der Waals surface area contributed by atoms with Gasteiger partial charge in [0.2, 0.25) is 5.91 Å². The molecule has 0 spiro atoms. The molecule has 0 aliphatic carbocycles. The second-order valence-electron chi connectivity index (χ2n) is 6.71. The molecule has 1 N–H and O–H groups in total. The first-order valence-corrected chi connectivity index (χ1v) is 9.73. The van der Waals surface area contributed by atoms with Gasteiger partial charge >= 0.3 is 0 Å². The van der Waals surface area contributed by atoms with Gasteiger partial charge in [-0.25, -0.2) is 4.98 Å². The number of amides is 1. The van der Waals surface area contributed by atoms with Gasteiger partial charge in [-0.15, -0.1) is 0 Å². The number of nitrogens with one attached hydrogen (secondary N) is 1. The first-order chi connectivity index (χ1) is 13.9. The van der Waals surface area contributed by atoms with Crippen molar-refractivity contribution in [3.8, 4) is 17.2 Å². The first-order valence-electron chi connectivity index (χ1n) is 8.97. The standard InChI is InChI=1S/C21H21Cl2N3O3/c1-13(2)16-10-15(4-5-19(16)28-3)29-21-17(22)8-14(9-18(21)23)25-20(27)11-26-7-6-24-12-26/h4-10,12-13H,11H2,1-3H3,(H,25,27). The Balaban J connectivity index is 1.77. The molecule has 152 valence electrons. The van der Waals surface area contributed by atoms with Crippen LogP contribution in [0.25, 0.3) is 0 Å². The van der Waals surface area contributed by atoms with E-state index in [0.717, 1.165) is 11.3 Å². The molecule has 3 rings (SSSR count). The van der Waals surface area contributed by atoms with E-state index < -0.39 is 0 Å². The van der Waals surface area contributed by atoms with Crippen LogP contribution in [0.5, 0.6) is 17.2 Å². The minimum Gasteiger partial charge on any atom is -0.496 e. The summed E-state index contributed by atoms with van der Waals surface area (Å²) in [5.74, 6) is 1.74. The largest absolute Gasteiger partial charge is 0.496 e. The molecular weight excluding hydrogens is 413 g/mol. The maximum atomic E-state index is 12.2. The molecule has 2 aromatic carbocycles. The van der Waals surface area contributed by atoms with Crippen molar-refractivity contribution in [1.29, 1.82) is 0 Å². The number of hydrogen-bond donors (Lipinski definition) is 1. The molecule has 0 unspecified atom stereocenters. The average Bonchev–Trinajstić information content (AvgIpc) is 3.17. The third-order valence-electron chi connectivity index (χ3n) is 4.21. The van der Waals surface area contributed by atoms with Gasteiger partial charge in [-0.2, -0.15) is 0 Å². The summed E-state index contributed by atoms with van der Waals surface area (Å²) in [6.07, 6.45) is 4.88. The molecule has 0 aliphatic heterocycles. The summed E-state index contributed by atoms with van der Waals surface area (Å²) in [7, 11) is 1.63. The Labute approximate surface area is 179 Å². The van der Waals surface area contributed by atoms with E-state index in [1.807, 2.05) is 12.1 Å². The molecule has 0 saturated heterocycles. The van der Waals surface area contributed by atoms with Crippen LogP contribution in [0, 0.1) is 0 Å². The predicted octanol–water partition coefficient (Wildman–Crippen LogP) is 5.75. The van der Waals surface area contributed by atoms with Crippen LogP contribution in [0.3, 0.4) is 0 Å². The van der Waals surface area contributed by atoms with Gasteiger partial charge in [0.1, 0.15) is 18.0 Å². The highest BCUT2D eigenvalue weighted by Crippen LogP contribution is 2.40. The van der Waals surface area contributed by atoms with E-state index in [9.17, 15) is 4.79 Å². The molecule has 0 fully saturated rings. The smallest absolute Gasteiger partial charge is 0.244 e. The number of rotatable bonds is 7. The van der Waals surface area contributed by atoms with Crippen molar-refractivity contribution in [2.24, 2.45) is 0 Å². The lowest BCUT2D eigenvalue weighted by Crippen LogP contribution is -2.17. The summed E-state index contributed by atoms with van der Waals surface area (Å²) in [5, 5.41) is 3.34. The van der Waals surface area contributed by atoms with E-state index >= 15 is 0 Å². The number of benzene rings is 2. The first kappa shape index (κ1) is 21.0. The van der Waals surface area contributed by atoms with Gasteiger partial charge in [0.05, 0.1) is 23.5 Å². The van der Waals surface area contributed by atoms with Crippen molar-refractivity contribution >= 4 is 34.8 Å². The maximum absolute atomic E-state index is 12.2. The van der Waals surface area contributed by atoms with Crippen LogP contribution in [0.1, 0.15) is 25.3 Å². The van der Waals surface area contributed by atoms with E-state index in [0.29, 0.717) is 17.2 Å². The van der Waals surface area contributed by atoms with Crippen LogP contribution in [0.15, 0.2) is 49.1 Å². The number of aromatic nitrogens is 2. The van der Waals surface area contributed by atoms with E-state index in [1.54, 1.807) is 48.6 Å². The van der Waals surface area contributed by atoms with Crippen LogP contribution in [0.2, 0.25) is 10.0 Å². The number of anilines is 1. The monoisotopic (exact) mass is 433 g/mol. The summed E-state index contributed by atoms with van der Waals surface area (Å²) < 4.78 is 13.0. The fraction of sp³-hybridized carbons (Fsp3) is 0.238. The Morgan fingerprint density at radius 1 is 1.21 bits per heavy atom. The molecular formula is C21H21Cl2N3O3.